The van der Waals surface area contributed by atoms with Gasteiger partial charge in [-0.15, -0.1) is 11.8 Å². The first-order chi connectivity index (χ1) is 23.2. The molecule has 0 saturated carbocycles. The summed E-state index contributed by atoms with van der Waals surface area (Å²) in [6, 6.07) is 38.9. The van der Waals surface area contributed by atoms with Crippen molar-refractivity contribution in [3.05, 3.63) is 161 Å². The Labute approximate surface area is 287 Å². The summed E-state index contributed by atoms with van der Waals surface area (Å²) in [6.07, 6.45) is 1.58. The first-order valence-corrected chi connectivity index (χ1v) is 16.1. The van der Waals surface area contributed by atoms with Crippen LogP contribution in [0.15, 0.2) is 144 Å². The molecule has 0 fully saturated rings. The van der Waals surface area contributed by atoms with Gasteiger partial charge in [0.1, 0.15) is 10.9 Å². The third-order valence-corrected chi connectivity index (χ3v) is 8.41. The summed E-state index contributed by atoms with van der Waals surface area (Å²) in [5.74, 6) is -1.34. The molecule has 8 nitrogen and oxygen atoms in total. The fourth-order valence-corrected chi connectivity index (χ4v) is 5.72. The molecule has 0 spiro atoms. The van der Waals surface area contributed by atoms with E-state index in [1.807, 2.05) is 42.5 Å². The van der Waals surface area contributed by atoms with Gasteiger partial charge < -0.3 is 21.3 Å². The summed E-state index contributed by atoms with van der Waals surface area (Å²) < 4.78 is 0. The minimum absolute atomic E-state index is 0.0514. The molecule has 1 atom stereocenters. The summed E-state index contributed by atoms with van der Waals surface area (Å²) >= 11 is 7.39. The molecule has 5 rings (SSSR count). The van der Waals surface area contributed by atoms with Crippen LogP contribution in [0.5, 0.6) is 0 Å². The summed E-state index contributed by atoms with van der Waals surface area (Å²) in [5, 5.41) is 11.2. The minimum Gasteiger partial charge on any atom is -0.326 e. The van der Waals surface area contributed by atoms with E-state index in [9.17, 15) is 19.2 Å². The van der Waals surface area contributed by atoms with Crippen LogP contribution in [0.3, 0.4) is 0 Å². The lowest BCUT2D eigenvalue weighted by Crippen LogP contribution is -2.30. The number of rotatable bonds is 11. The quantitative estimate of drug-likeness (QED) is 0.0833. The van der Waals surface area contributed by atoms with E-state index < -0.39 is 17.1 Å². The Balaban J connectivity index is 1.30. The van der Waals surface area contributed by atoms with Crippen molar-refractivity contribution >= 4 is 70.1 Å². The van der Waals surface area contributed by atoms with Gasteiger partial charge in [0, 0.05) is 39.5 Å². The summed E-state index contributed by atoms with van der Waals surface area (Å²) in [6.45, 7) is 1.43. The van der Waals surface area contributed by atoms with Crippen LogP contribution >= 0.6 is 23.4 Å². The Bertz CT molecular complexity index is 1920. The average molecular weight is 675 g/mol. The molecule has 0 radical (unpaired) electrons. The third kappa shape index (κ3) is 9.68. The van der Waals surface area contributed by atoms with E-state index in [2.05, 4.69) is 21.3 Å². The number of carbonyl (C=O) groups is 4. The summed E-state index contributed by atoms with van der Waals surface area (Å²) in [7, 11) is 0. The zero-order chi connectivity index (χ0) is 33.9. The molecule has 0 aliphatic rings. The highest BCUT2D eigenvalue weighted by Crippen LogP contribution is 2.37. The van der Waals surface area contributed by atoms with Crippen molar-refractivity contribution in [3.63, 3.8) is 0 Å². The molecule has 0 aliphatic heterocycles. The molecule has 0 heterocycles. The predicted molar refractivity (Wildman–Crippen MR) is 193 cm³/mol. The monoisotopic (exact) mass is 674 g/mol. The molecule has 4 N–H and O–H groups in total. The van der Waals surface area contributed by atoms with Crippen molar-refractivity contribution in [1.29, 1.82) is 0 Å². The van der Waals surface area contributed by atoms with Gasteiger partial charge in [0.2, 0.25) is 11.8 Å². The van der Waals surface area contributed by atoms with Gasteiger partial charge in [-0.3, -0.25) is 19.2 Å². The molecule has 0 bridgehead atoms. The first-order valence-electron chi connectivity index (χ1n) is 14.9. The lowest BCUT2D eigenvalue weighted by molar-refractivity contribution is -0.116. The molecule has 10 heteroatoms. The van der Waals surface area contributed by atoms with Gasteiger partial charge in [0.15, 0.2) is 0 Å². The molecule has 0 aliphatic carbocycles. The molecular weight excluding hydrogens is 644 g/mol. The number of carbonyl (C=O) groups excluding carboxylic acids is 4. The molecule has 1 unspecified atom stereocenters. The normalized spacial score (nSPS) is 11.6. The molecule has 240 valence electrons. The van der Waals surface area contributed by atoms with E-state index in [0.717, 1.165) is 10.5 Å². The van der Waals surface area contributed by atoms with Crippen LogP contribution in [0.4, 0.5) is 17.1 Å². The number of benzene rings is 5. The lowest BCUT2D eigenvalue weighted by Gasteiger charge is -2.18. The van der Waals surface area contributed by atoms with Crippen molar-refractivity contribution in [2.75, 3.05) is 16.0 Å². The summed E-state index contributed by atoms with van der Waals surface area (Å²) in [4.78, 5) is 52.0. The number of halogens is 1. The van der Waals surface area contributed by atoms with Gasteiger partial charge in [0.25, 0.3) is 11.8 Å². The fourth-order valence-electron chi connectivity index (χ4n) is 4.57. The van der Waals surface area contributed by atoms with E-state index in [1.165, 1.54) is 18.7 Å². The molecular formula is C38H31ClN4O4S. The fraction of sp³-hybridized carbons (Fsp3) is 0.0526. The van der Waals surface area contributed by atoms with Gasteiger partial charge in [-0.25, -0.2) is 0 Å². The Morgan fingerprint density at radius 2 is 1.19 bits per heavy atom. The maximum atomic E-state index is 13.5. The number of nitrogens with one attached hydrogen (secondary N) is 4. The zero-order valence-corrected chi connectivity index (χ0v) is 27.3. The van der Waals surface area contributed by atoms with Crippen LogP contribution in [-0.2, 0) is 14.4 Å². The number of thioether (sulfide) groups is 1. The van der Waals surface area contributed by atoms with Crippen LogP contribution < -0.4 is 21.3 Å². The number of hydrogen-bond donors (Lipinski definition) is 4. The standard InChI is InChI=1S/C38H31ClN4O4S/c1-25(44)40-30-16-18-31(19-17-30)42-38(47)35(27-8-4-2-5-9-27)48-33-22-20-32(21-23-33)41-37(46)34(24-26-12-14-29(39)15-13-26)43-36(45)28-10-6-3-7-11-28/h2-24,35H,1H3,(H,40,44)(H,41,46)(H,42,47)(H,43,45)/b34-24-. The maximum absolute atomic E-state index is 13.5. The molecule has 5 aromatic carbocycles. The first kappa shape index (κ1) is 33.7. The van der Waals surface area contributed by atoms with Crippen LogP contribution in [0, 0.1) is 0 Å². The van der Waals surface area contributed by atoms with E-state index in [-0.39, 0.29) is 17.5 Å². The Morgan fingerprint density at radius 3 is 1.79 bits per heavy atom. The van der Waals surface area contributed by atoms with Gasteiger partial charge in [-0.1, -0.05) is 72.3 Å². The van der Waals surface area contributed by atoms with Crippen molar-refractivity contribution in [2.45, 2.75) is 17.1 Å². The second kappa shape index (κ2) is 16.3. The van der Waals surface area contributed by atoms with Crippen molar-refractivity contribution in [1.82, 2.24) is 5.32 Å². The van der Waals surface area contributed by atoms with Gasteiger partial charge in [0.05, 0.1) is 0 Å². The maximum Gasteiger partial charge on any atom is 0.272 e. The molecule has 0 saturated heterocycles. The third-order valence-electron chi connectivity index (χ3n) is 6.89. The van der Waals surface area contributed by atoms with Gasteiger partial charge >= 0.3 is 0 Å². The largest absolute Gasteiger partial charge is 0.326 e. The smallest absolute Gasteiger partial charge is 0.272 e. The number of anilines is 3. The predicted octanol–water partition coefficient (Wildman–Crippen LogP) is 8.18. The van der Waals surface area contributed by atoms with E-state index in [4.69, 9.17) is 11.6 Å². The Morgan fingerprint density at radius 1 is 0.646 bits per heavy atom. The second-order valence-corrected chi connectivity index (χ2v) is 12.2. The van der Waals surface area contributed by atoms with Crippen LogP contribution in [0.2, 0.25) is 5.02 Å². The Kier molecular flexibility index (Phi) is 11.4. The highest BCUT2D eigenvalue weighted by molar-refractivity contribution is 8.00. The lowest BCUT2D eigenvalue weighted by atomic mass is 10.1. The van der Waals surface area contributed by atoms with Crippen LogP contribution in [-0.4, -0.2) is 23.6 Å². The van der Waals surface area contributed by atoms with E-state index >= 15 is 0 Å². The Hall–Kier alpha value is -5.64. The van der Waals surface area contributed by atoms with Crippen molar-refractivity contribution < 1.29 is 19.2 Å². The average Bonchev–Trinajstić information content (AvgIpc) is 3.10. The van der Waals surface area contributed by atoms with Crippen LogP contribution in [0.25, 0.3) is 6.08 Å². The SMILES string of the molecule is CC(=O)Nc1ccc(NC(=O)C(Sc2ccc(NC(=O)/C(=C/c3ccc(Cl)cc3)NC(=O)c3ccccc3)cc2)c2ccccc2)cc1. The molecule has 0 aromatic heterocycles. The van der Waals surface area contributed by atoms with E-state index in [1.54, 1.807) is 97.1 Å². The van der Waals surface area contributed by atoms with Gasteiger partial charge in [-0.2, -0.15) is 0 Å². The van der Waals surface area contributed by atoms with Crippen molar-refractivity contribution in [2.24, 2.45) is 0 Å². The minimum atomic E-state index is -0.580. The highest BCUT2D eigenvalue weighted by Gasteiger charge is 2.23. The summed E-state index contributed by atoms with van der Waals surface area (Å²) in [5.41, 5.74) is 3.68. The topological polar surface area (TPSA) is 116 Å². The highest BCUT2D eigenvalue weighted by atomic mass is 35.5. The zero-order valence-electron chi connectivity index (χ0n) is 25.8. The molecule has 4 amide bonds. The molecule has 48 heavy (non-hydrogen) atoms. The second-order valence-electron chi connectivity index (χ2n) is 10.6. The van der Waals surface area contributed by atoms with Gasteiger partial charge in [-0.05, 0) is 90.0 Å². The number of hydrogen-bond acceptors (Lipinski definition) is 5. The van der Waals surface area contributed by atoms with Crippen molar-refractivity contribution in [3.8, 4) is 0 Å². The van der Waals surface area contributed by atoms with E-state index in [0.29, 0.717) is 33.2 Å². The molecule has 5 aromatic rings. The van der Waals surface area contributed by atoms with Crippen LogP contribution in [0.1, 0.15) is 33.7 Å². The number of amides is 4.